The van der Waals surface area contributed by atoms with Gasteiger partial charge in [0.2, 0.25) is 0 Å². The molecule has 0 radical (unpaired) electrons. The van der Waals surface area contributed by atoms with Gasteiger partial charge in [-0.05, 0) is 12.8 Å². The number of carboxylic acids is 1. The van der Waals surface area contributed by atoms with E-state index in [9.17, 15) is 9.59 Å². The van der Waals surface area contributed by atoms with Crippen LogP contribution >= 0.6 is 11.3 Å². The first-order chi connectivity index (χ1) is 8.13. The van der Waals surface area contributed by atoms with E-state index in [1.165, 1.54) is 5.38 Å². The first-order valence-corrected chi connectivity index (χ1v) is 6.12. The molecule has 0 saturated heterocycles. The molecule has 0 aromatic carbocycles. The Morgan fingerprint density at radius 1 is 1.65 bits per heavy atom. The number of thiazole rings is 1. The number of rotatable bonds is 5. The molecule has 1 aliphatic carbocycles. The van der Waals surface area contributed by atoms with Crippen LogP contribution in [0.2, 0.25) is 0 Å². The van der Waals surface area contributed by atoms with E-state index in [0.29, 0.717) is 6.54 Å². The first-order valence-electron chi connectivity index (χ1n) is 5.24. The summed E-state index contributed by atoms with van der Waals surface area (Å²) >= 11 is 1.07. The highest BCUT2D eigenvalue weighted by molar-refractivity contribution is 7.11. The molecule has 1 aliphatic rings. The van der Waals surface area contributed by atoms with E-state index in [0.717, 1.165) is 24.2 Å². The minimum atomic E-state index is -1.11. The van der Waals surface area contributed by atoms with Crippen LogP contribution in [0.4, 0.5) is 0 Å². The topological polar surface area (TPSA) is 70.5 Å². The van der Waals surface area contributed by atoms with Gasteiger partial charge < -0.3 is 10.0 Å². The maximum atomic E-state index is 12.1. The SMILES string of the molecule is C=CCN(C(=O)c1nc(C(=O)O)cs1)C1CC1. The van der Waals surface area contributed by atoms with Crippen molar-refractivity contribution in [3.8, 4) is 0 Å². The van der Waals surface area contributed by atoms with Crippen molar-refractivity contribution >= 4 is 23.2 Å². The van der Waals surface area contributed by atoms with Crippen molar-refractivity contribution in [1.29, 1.82) is 0 Å². The summed E-state index contributed by atoms with van der Waals surface area (Å²) in [6.45, 7) is 4.09. The molecule has 1 saturated carbocycles. The Morgan fingerprint density at radius 3 is 2.82 bits per heavy atom. The third-order valence-corrected chi connectivity index (χ3v) is 3.31. The Hall–Kier alpha value is -1.69. The van der Waals surface area contributed by atoms with E-state index in [2.05, 4.69) is 11.6 Å². The fourth-order valence-electron chi connectivity index (χ4n) is 1.52. The summed E-state index contributed by atoms with van der Waals surface area (Å²) in [6, 6.07) is 0.262. The normalized spacial score (nSPS) is 14.4. The number of aromatic carboxylic acids is 1. The minimum Gasteiger partial charge on any atom is -0.476 e. The molecule has 0 atom stereocenters. The van der Waals surface area contributed by atoms with Crippen LogP contribution in [0.25, 0.3) is 0 Å². The van der Waals surface area contributed by atoms with Crippen molar-refractivity contribution in [2.24, 2.45) is 0 Å². The predicted octanol–water partition coefficient (Wildman–Crippen LogP) is 1.63. The monoisotopic (exact) mass is 252 g/mol. The molecule has 0 aliphatic heterocycles. The van der Waals surface area contributed by atoms with Crippen molar-refractivity contribution in [3.63, 3.8) is 0 Å². The summed E-state index contributed by atoms with van der Waals surface area (Å²) in [7, 11) is 0. The van der Waals surface area contributed by atoms with Crippen molar-refractivity contribution in [1.82, 2.24) is 9.88 Å². The van der Waals surface area contributed by atoms with Crippen molar-refractivity contribution < 1.29 is 14.7 Å². The lowest BCUT2D eigenvalue weighted by Crippen LogP contribution is -2.33. The predicted molar refractivity (Wildman–Crippen MR) is 63.3 cm³/mol. The number of nitrogens with zero attached hydrogens (tertiary/aromatic N) is 2. The van der Waals surface area contributed by atoms with Crippen molar-refractivity contribution in [2.75, 3.05) is 6.54 Å². The Kier molecular flexibility index (Phi) is 3.23. The summed E-state index contributed by atoms with van der Waals surface area (Å²) in [5.74, 6) is -1.31. The number of amides is 1. The Bertz CT molecular complexity index is 465. The lowest BCUT2D eigenvalue weighted by atomic mass is 10.4. The van der Waals surface area contributed by atoms with Crippen LogP contribution in [0.15, 0.2) is 18.0 Å². The second kappa shape index (κ2) is 4.67. The number of hydrogen-bond acceptors (Lipinski definition) is 4. The maximum absolute atomic E-state index is 12.1. The molecule has 1 aromatic heterocycles. The Morgan fingerprint density at radius 2 is 2.35 bits per heavy atom. The molecule has 1 fully saturated rings. The van der Waals surface area contributed by atoms with Crippen LogP contribution in [-0.4, -0.2) is 39.5 Å². The molecule has 0 unspecified atom stereocenters. The van der Waals surface area contributed by atoms with Gasteiger partial charge in [0, 0.05) is 18.0 Å². The van der Waals surface area contributed by atoms with Crippen LogP contribution < -0.4 is 0 Å². The Balaban J connectivity index is 2.16. The molecule has 0 bridgehead atoms. The molecule has 1 aromatic rings. The molecule has 1 amide bonds. The molecular weight excluding hydrogens is 240 g/mol. The number of carboxylic acid groups (broad SMARTS) is 1. The molecule has 0 spiro atoms. The molecule has 6 heteroatoms. The van der Waals surface area contributed by atoms with E-state index in [-0.39, 0.29) is 22.7 Å². The van der Waals surface area contributed by atoms with E-state index in [1.807, 2.05) is 0 Å². The van der Waals surface area contributed by atoms with E-state index < -0.39 is 5.97 Å². The zero-order chi connectivity index (χ0) is 12.4. The second-order valence-electron chi connectivity index (χ2n) is 3.82. The fraction of sp³-hybridized carbons (Fsp3) is 0.364. The number of carbonyl (C=O) groups excluding carboxylic acids is 1. The van der Waals surface area contributed by atoms with Crippen LogP contribution in [-0.2, 0) is 0 Å². The van der Waals surface area contributed by atoms with Gasteiger partial charge in [0.1, 0.15) is 0 Å². The van der Waals surface area contributed by atoms with Crippen LogP contribution in [0.3, 0.4) is 0 Å². The lowest BCUT2D eigenvalue weighted by molar-refractivity contribution is 0.0691. The molecule has 90 valence electrons. The smallest absolute Gasteiger partial charge is 0.355 e. The number of aromatic nitrogens is 1. The standard InChI is InChI=1S/C11H12N2O3S/c1-2-5-13(7-3-4-7)10(14)9-12-8(6-17-9)11(15)16/h2,6-7H,1,3-5H2,(H,15,16). The van der Waals surface area contributed by atoms with Gasteiger partial charge in [-0.1, -0.05) is 6.08 Å². The summed E-state index contributed by atoms with van der Waals surface area (Å²) in [6.07, 6.45) is 3.66. The van der Waals surface area contributed by atoms with Gasteiger partial charge in [-0.25, -0.2) is 9.78 Å². The zero-order valence-corrected chi connectivity index (χ0v) is 9.94. The number of carbonyl (C=O) groups is 2. The maximum Gasteiger partial charge on any atom is 0.355 e. The van der Waals surface area contributed by atoms with Gasteiger partial charge in [-0.15, -0.1) is 17.9 Å². The molecular formula is C11H12N2O3S. The second-order valence-corrected chi connectivity index (χ2v) is 4.68. The van der Waals surface area contributed by atoms with Gasteiger partial charge in [0.05, 0.1) is 0 Å². The average molecular weight is 252 g/mol. The average Bonchev–Trinajstić information content (AvgIpc) is 3.00. The summed E-state index contributed by atoms with van der Waals surface area (Å²) in [5.41, 5.74) is -0.0762. The zero-order valence-electron chi connectivity index (χ0n) is 9.13. The summed E-state index contributed by atoms with van der Waals surface area (Å²) in [5, 5.41) is 10.4. The van der Waals surface area contributed by atoms with Crippen molar-refractivity contribution in [2.45, 2.75) is 18.9 Å². The highest BCUT2D eigenvalue weighted by atomic mass is 32.1. The molecule has 1 heterocycles. The first kappa shape index (κ1) is 11.8. The lowest BCUT2D eigenvalue weighted by Gasteiger charge is -2.18. The molecule has 2 rings (SSSR count). The van der Waals surface area contributed by atoms with Gasteiger partial charge in [-0.2, -0.15) is 0 Å². The van der Waals surface area contributed by atoms with E-state index >= 15 is 0 Å². The third kappa shape index (κ3) is 2.52. The highest BCUT2D eigenvalue weighted by Crippen LogP contribution is 2.28. The van der Waals surface area contributed by atoms with Gasteiger partial charge in [-0.3, -0.25) is 4.79 Å². The minimum absolute atomic E-state index is 0.0762. The highest BCUT2D eigenvalue weighted by Gasteiger charge is 2.33. The van der Waals surface area contributed by atoms with E-state index in [4.69, 9.17) is 5.11 Å². The fourth-order valence-corrected chi connectivity index (χ4v) is 2.26. The van der Waals surface area contributed by atoms with Gasteiger partial charge in [0.15, 0.2) is 10.7 Å². The molecule has 5 nitrogen and oxygen atoms in total. The molecule has 1 N–H and O–H groups in total. The van der Waals surface area contributed by atoms with Crippen LogP contribution in [0, 0.1) is 0 Å². The Labute approximate surface area is 102 Å². The van der Waals surface area contributed by atoms with Crippen molar-refractivity contribution in [3.05, 3.63) is 28.7 Å². The van der Waals surface area contributed by atoms with E-state index in [1.54, 1.807) is 11.0 Å². The third-order valence-electron chi connectivity index (χ3n) is 2.48. The summed E-state index contributed by atoms with van der Waals surface area (Å²) < 4.78 is 0. The number of hydrogen-bond donors (Lipinski definition) is 1. The van der Waals surface area contributed by atoms with Gasteiger partial charge >= 0.3 is 5.97 Å². The quantitative estimate of drug-likeness (QED) is 0.808. The van der Waals surface area contributed by atoms with Crippen LogP contribution in [0.1, 0.15) is 33.1 Å². The molecule has 17 heavy (non-hydrogen) atoms. The largest absolute Gasteiger partial charge is 0.476 e. The van der Waals surface area contributed by atoms with Crippen LogP contribution in [0.5, 0.6) is 0 Å². The summed E-state index contributed by atoms with van der Waals surface area (Å²) in [4.78, 5) is 28.3. The van der Waals surface area contributed by atoms with Gasteiger partial charge in [0.25, 0.3) is 5.91 Å².